The predicted molar refractivity (Wildman–Crippen MR) is 66.4 cm³/mol. The van der Waals surface area contributed by atoms with Crippen LogP contribution in [0.2, 0.25) is 0 Å². The van der Waals surface area contributed by atoms with Crippen molar-refractivity contribution in [3.05, 3.63) is 0 Å². The Morgan fingerprint density at radius 2 is 2.22 bits per heavy atom. The highest BCUT2D eigenvalue weighted by Gasteiger charge is 2.27. The minimum Gasteiger partial charge on any atom is -0.481 e. The summed E-state index contributed by atoms with van der Waals surface area (Å²) in [6, 6.07) is -0.0831. The van der Waals surface area contributed by atoms with Gasteiger partial charge in [0.1, 0.15) is 0 Å². The lowest BCUT2D eigenvalue weighted by Gasteiger charge is -2.17. The smallest absolute Gasteiger partial charge is 0.317 e. The SMILES string of the molecule is COCCCCNC(=O)N1CCC(CC(=O)O)C1. The summed E-state index contributed by atoms with van der Waals surface area (Å²) >= 11 is 0. The van der Waals surface area contributed by atoms with E-state index in [1.54, 1.807) is 12.0 Å². The minimum absolute atomic E-state index is 0.0831. The number of hydrogen-bond donors (Lipinski definition) is 2. The molecule has 0 aliphatic carbocycles. The van der Waals surface area contributed by atoms with Crippen molar-refractivity contribution in [1.29, 1.82) is 0 Å². The standard InChI is InChI=1S/C12H22N2O4/c1-18-7-3-2-5-13-12(17)14-6-4-10(9-14)8-11(15)16/h10H,2-9H2,1H3,(H,13,17)(H,15,16). The van der Waals surface area contributed by atoms with Gasteiger partial charge in [0.2, 0.25) is 0 Å². The number of hydrogen-bond acceptors (Lipinski definition) is 3. The number of aliphatic carboxylic acids is 1. The number of rotatable bonds is 7. The van der Waals surface area contributed by atoms with Gasteiger partial charge >= 0.3 is 12.0 Å². The summed E-state index contributed by atoms with van der Waals surface area (Å²) in [6.45, 7) is 2.56. The first kappa shape index (κ1) is 14.8. The number of nitrogens with one attached hydrogen (secondary N) is 1. The van der Waals surface area contributed by atoms with Crippen molar-refractivity contribution in [2.75, 3.05) is 33.4 Å². The van der Waals surface area contributed by atoms with Crippen LogP contribution in [-0.4, -0.2) is 55.4 Å². The number of amides is 2. The molecule has 0 aromatic heterocycles. The quantitative estimate of drug-likeness (QED) is 0.665. The fraction of sp³-hybridized carbons (Fsp3) is 0.833. The number of carbonyl (C=O) groups is 2. The van der Waals surface area contributed by atoms with Gasteiger partial charge in [0.05, 0.1) is 0 Å². The number of nitrogens with zero attached hydrogens (tertiary/aromatic N) is 1. The first-order valence-corrected chi connectivity index (χ1v) is 6.37. The topological polar surface area (TPSA) is 78.9 Å². The normalized spacial score (nSPS) is 18.9. The second kappa shape index (κ2) is 7.92. The van der Waals surface area contributed by atoms with Crippen LogP contribution in [0.1, 0.15) is 25.7 Å². The summed E-state index contributed by atoms with van der Waals surface area (Å²) in [5, 5.41) is 11.5. The van der Waals surface area contributed by atoms with Crippen LogP contribution in [0, 0.1) is 5.92 Å². The fourth-order valence-corrected chi connectivity index (χ4v) is 2.11. The van der Waals surface area contributed by atoms with Gasteiger partial charge in [0.15, 0.2) is 0 Å². The molecule has 1 saturated heterocycles. The first-order valence-electron chi connectivity index (χ1n) is 6.37. The number of urea groups is 1. The summed E-state index contributed by atoms with van der Waals surface area (Å²) < 4.78 is 4.92. The third-order valence-electron chi connectivity index (χ3n) is 3.09. The molecule has 0 bridgehead atoms. The van der Waals surface area contributed by atoms with E-state index in [9.17, 15) is 9.59 Å². The number of carboxylic acid groups (broad SMARTS) is 1. The molecule has 0 spiro atoms. The van der Waals surface area contributed by atoms with E-state index >= 15 is 0 Å². The number of methoxy groups -OCH3 is 1. The van der Waals surface area contributed by atoms with Crippen molar-refractivity contribution in [3.8, 4) is 0 Å². The number of likely N-dealkylation sites (tertiary alicyclic amines) is 1. The molecule has 0 aromatic carbocycles. The monoisotopic (exact) mass is 258 g/mol. The van der Waals surface area contributed by atoms with Crippen LogP contribution in [0.15, 0.2) is 0 Å². The van der Waals surface area contributed by atoms with E-state index in [4.69, 9.17) is 9.84 Å². The van der Waals surface area contributed by atoms with Crippen LogP contribution in [0.5, 0.6) is 0 Å². The highest BCUT2D eigenvalue weighted by Crippen LogP contribution is 2.19. The number of unbranched alkanes of at least 4 members (excludes halogenated alkanes) is 1. The Balaban J connectivity index is 2.13. The predicted octanol–water partition coefficient (Wildman–Crippen LogP) is 0.919. The van der Waals surface area contributed by atoms with Gasteiger partial charge in [-0.2, -0.15) is 0 Å². The second-order valence-electron chi connectivity index (χ2n) is 4.63. The van der Waals surface area contributed by atoms with Gasteiger partial charge in [0.25, 0.3) is 0 Å². The highest BCUT2D eigenvalue weighted by atomic mass is 16.5. The lowest BCUT2D eigenvalue weighted by atomic mass is 10.1. The van der Waals surface area contributed by atoms with E-state index in [2.05, 4.69) is 5.32 Å². The van der Waals surface area contributed by atoms with E-state index in [1.165, 1.54) is 0 Å². The Hall–Kier alpha value is -1.30. The van der Waals surface area contributed by atoms with Gasteiger partial charge in [-0.1, -0.05) is 0 Å². The Bertz CT molecular complexity index is 283. The summed E-state index contributed by atoms with van der Waals surface area (Å²) in [6.07, 6.45) is 2.76. The molecule has 2 N–H and O–H groups in total. The minimum atomic E-state index is -0.790. The molecule has 0 saturated carbocycles. The number of ether oxygens (including phenoxy) is 1. The molecule has 6 nitrogen and oxygen atoms in total. The zero-order valence-electron chi connectivity index (χ0n) is 10.9. The third kappa shape index (κ3) is 5.35. The zero-order valence-corrected chi connectivity index (χ0v) is 10.9. The van der Waals surface area contributed by atoms with Gasteiger partial charge in [-0.15, -0.1) is 0 Å². The van der Waals surface area contributed by atoms with Crippen molar-refractivity contribution in [2.45, 2.75) is 25.7 Å². The van der Waals surface area contributed by atoms with Crippen LogP contribution in [0.3, 0.4) is 0 Å². The number of carboxylic acids is 1. The van der Waals surface area contributed by atoms with Crippen molar-refractivity contribution in [3.63, 3.8) is 0 Å². The molecule has 0 radical (unpaired) electrons. The van der Waals surface area contributed by atoms with Crippen LogP contribution in [0.25, 0.3) is 0 Å². The molecule has 18 heavy (non-hydrogen) atoms. The van der Waals surface area contributed by atoms with Crippen molar-refractivity contribution < 1.29 is 19.4 Å². The largest absolute Gasteiger partial charge is 0.481 e. The maximum Gasteiger partial charge on any atom is 0.317 e. The van der Waals surface area contributed by atoms with Gasteiger partial charge in [0, 0.05) is 39.8 Å². The van der Waals surface area contributed by atoms with Crippen LogP contribution in [0.4, 0.5) is 4.79 Å². The van der Waals surface area contributed by atoms with Crippen molar-refractivity contribution >= 4 is 12.0 Å². The molecule has 1 rings (SSSR count). The molecule has 104 valence electrons. The molecule has 1 unspecified atom stereocenters. The molecule has 0 aromatic rings. The summed E-state index contributed by atoms with van der Waals surface area (Å²) in [4.78, 5) is 24.0. The van der Waals surface area contributed by atoms with E-state index in [0.29, 0.717) is 26.2 Å². The molecular weight excluding hydrogens is 236 g/mol. The van der Waals surface area contributed by atoms with Crippen LogP contribution in [-0.2, 0) is 9.53 Å². The molecule has 1 aliphatic heterocycles. The fourth-order valence-electron chi connectivity index (χ4n) is 2.11. The Morgan fingerprint density at radius 3 is 2.89 bits per heavy atom. The second-order valence-corrected chi connectivity index (χ2v) is 4.63. The van der Waals surface area contributed by atoms with Crippen molar-refractivity contribution in [2.24, 2.45) is 5.92 Å². The lowest BCUT2D eigenvalue weighted by molar-refractivity contribution is -0.138. The molecule has 6 heteroatoms. The van der Waals surface area contributed by atoms with E-state index in [0.717, 1.165) is 19.3 Å². The van der Waals surface area contributed by atoms with Gasteiger partial charge < -0.3 is 20.1 Å². The molecule has 1 aliphatic rings. The van der Waals surface area contributed by atoms with Crippen LogP contribution < -0.4 is 5.32 Å². The zero-order chi connectivity index (χ0) is 13.4. The molecule has 2 amide bonds. The maximum absolute atomic E-state index is 11.7. The van der Waals surface area contributed by atoms with Gasteiger partial charge in [-0.25, -0.2) is 4.79 Å². The number of carbonyl (C=O) groups excluding carboxylic acids is 1. The van der Waals surface area contributed by atoms with Crippen LogP contribution >= 0.6 is 0 Å². The lowest BCUT2D eigenvalue weighted by Crippen LogP contribution is -2.39. The van der Waals surface area contributed by atoms with E-state index in [1.807, 2.05) is 0 Å². The van der Waals surface area contributed by atoms with Crippen molar-refractivity contribution in [1.82, 2.24) is 10.2 Å². The summed E-state index contributed by atoms with van der Waals surface area (Å²) in [5.74, 6) is -0.691. The van der Waals surface area contributed by atoms with Gasteiger partial charge in [-0.3, -0.25) is 4.79 Å². The highest BCUT2D eigenvalue weighted by molar-refractivity contribution is 5.74. The summed E-state index contributed by atoms with van der Waals surface area (Å²) in [5.41, 5.74) is 0. The summed E-state index contributed by atoms with van der Waals surface area (Å²) in [7, 11) is 1.66. The Morgan fingerprint density at radius 1 is 1.44 bits per heavy atom. The van der Waals surface area contributed by atoms with E-state index in [-0.39, 0.29) is 18.4 Å². The molecular formula is C12H22N2O4. The molecule has 1 heterocycles. The average Bonchev–Trinajstić information content (AvgIpc) is 2.76. The van der Waals surface area contributed by atoms with Gasteiger partial charge in [-0.05, 0) is 25.2 Å². The first-order chi connectivity index (χ1) is 8.63. The molecule has 1 atom stereocenters. The van der Waals surface area contributed by atoms with E-state index < -0.39 is 5.97 Å². The maximum atomic E-state index is 11.7. The Kier molecular flexibility index (Phi) is 6.49. The average molecular weight is 258 g/mol. The Labute approximate surface area is 107 Å². The third-order valence-corrected chi connectivity index (χ3v) is 3.09. The molecule has 1 fully saturated rings.